The van der Waals surface area contributed by atoms with Gasteiger partial charge in [0.25, 0.3) is 0 Å². The molecule has 7 nitrogen and oxygen atoms in total. The fourth-order valence-corrected chi connectivity index (χ4v) is 6.96. The molecule has 2 aromatic heterocycles. The monoisotopic (exact) mass is 615 g/mol. The zero-order chi connectivity index (χ0) is 30.5. The van der Waals surface area contributed by atoms with Gasteiger partial charge in [0.1, 0.15) is 28.7 Å². The van der Waals surface area contributed by atoms with Crippen LogP contribution in [-0.4, -0.2) is 51.7 Å². The van der Waals surface area contributed by atoms with Crippen molar-refractivity contribution in [2.24, 2.45) is 0 Å². The number of carboxylic acids is 1. The Morgan fingerprint density at radius 2 is 2.00 bits per heavy atom. The highest BCUT2D eigenvalue weighted by atomic mass is 35.5. The van der Waals surface area contributed by atoms with Crippen molar-refractivity contribution in [3.05, 3.63) is 82.0 Å². The predicted molar refractivity (Wildman–Crippen MR) is 173 cm³/mol. The molecule has 2 aromatic carbocycles. The molecule has 43 heavy (non-hydrogen) atoms. The number of carboxylic acid groups (broad SMARTS) is 1. The highest BCUT2D eigenvalue weighted by Gasteiger charge is 2.25. The fourth-order valence-electron chi connectivity index (χ4n) is 5.67. The SMILES string of the molecule is Cc1cc2nc(-c3ccnc(C4=CC5=C(CC4)OCCN5C)c3)sc2c(-c2ccc(Cl)cc2OC(C)(C)C)c1CC(=O)O. The molecule has 1 N–H and O–H groups in total. The van der Waals surface area contributed by atoms with E-state index in [4.69, 9.17) is 31.0 Å². The lowest BCUT2D eigenvalue weighted by molar-refractivity contribution is -0.136. The summed E-state index contributed by atoms with van der Waals surface area (Å²) in [6.07, 6.45) is 5.62. The Labute approximate surface area is 260 Å². The number of thiazole rings is 1. The summed E-state index contributed by atoms with van der Waals surface area (Å²) in [5.74, 6) is 0.763. The van der Waals surface area contributed by atoms with E-state index >= 15 is 0 Å². The Hall–Kier alpha value is -3.88. The summed E-state index contributed by atoms with van der Waals surface area (Å²) in [7, 11) is 2.10. The molecule has 0 atom stereocenters. The number of fused-ring (bicyclic) bond motifs is 1. The zero-order valence-corrected chi connectivity index (χ0v) is 26.5. The molecule has 0 amide bonds. The molecule has 0 bridgehead atoms. The largest absolute Gasteiger partial charge is 0.494 e. The molecule has 1 aliphatic carbocycles. The fraction of sp³-hybridized carbons (Fsp3) is 0.324. The Morgan fingerprint density at radius 3 is 2.77 bits per heavy atom. The molecule has 0 unspecified atom stereocenters. The van der Waals surface area contributed by atoms with Crippen LogP contribution in [0.4, 0.5) is 0 Å². The summed E-state index contributed by atoms with van der Waals surface area (Å²) in [5.41, 5.74) is 7.73. The van der Waals surface area contributed by atoms with Crippen molar-refractivity contribution in [2.75, 3.05) is 20.2 Å². The van der Waals surface area contributed by atoms with E-state index in [9.17, 15) is 9.90 Å². The third-order valence-electron chi connectivity index (χ3n) is 7.64. The van der Waals surface area contributed by atoms with E-state index < -0.39 is 11.6 Å². The van der Waals surface area contributed by atoms with Crippen molar-refractivity contribution in [1.29, 1.82) is 0 Å². The first-order chi connectivity index (χ1) is 20.5. The van der Waals surface area contributed by atoms with Crippen molar-refractivity contribution in [3.8, 4) is 27.4 Å². The van der Waals surface area contributed by atoms with Crippen molar-refractivity contribution in [1.82, 2.24) is 14.9 Å². The second-order valence-electron chi connectivity index (χ2n) is 12.0. The van der Waals surface area contributed by atoms with Crippen LogP contribution < -0.4 is 4.74 Å². The van der Waals surface area contributed by atoms with Gasteiger partial charge >= 0.3 is 5.97 Å². The summed E-state index contributed by atoms with van der Waals surface area (Å²) in [5, 5.41) is 11.3. The number of aliphatic carboxylic acids is 1. The maximum Gasteiger partial charge on any atom is 0.307 e. The Kier molecular flexibility index (Phi) is 7.69. The lowest BCUT2D eigenvalue weighted by atomic mass is 9.92. The summed E-state index contributed by atoms with van der Waals surface area (Å²) < 4.78 is 13.2. The molecule has 3 heterocycles. The number of halogens is 1. The molecular weight excluding hydrogens is 582 g/mol. The molecule has 0 fully saturated rings. The zero-order valence-electron chi connectivity index (χ0n) is 25.0. The molecule has 9 heteroatoms. The number of pyridine rings is 1. The van der Waals surface area contributed by atoms with Gasteiger partial charge in [-0.25, -0.2) is 4.98 Å². The molecule has 0 spiro atoms. The van der Waals surface area contributed by atoms with E-state index in [1.54, 1.807) is 17.4 Å². The van der Waals surface area contributed by atoms with Crippen molar-refractivity contribution in [3.63, 3.8) is 0 Å². The van der Waals surface area contributed by atoms with Crippen LogP contribution in [0.5, 0.6) is 5.75 Å². The Bertz CT molecular complexity index is 1820. The summed E-state index contributed by atoms with van der Waals surface area (Å²) in [4.78, 5) is 24.1. The Morgan fingerprint density at radius 1 is 1.19 bits per heavy atom. The van der Waals surface area contributed by atoms with E-state index in [2.05, 4.69) is 24.1 Å². The standard InChI is InChI=1S/C34H34ClN3O4S/c1-19-14-26-32(31(24(19)18-30(39)40)23-8-7-22(35)17-29(23)42-34(2,3)4)43-33(37-26)21-10-11-36-25(15-21)20-6-9-28-27(16-20)38(5)12-13-41-28/h7-8,10-11,14-17H,6,9,12-13,18H2,1-5H3,(H,39,40). The number of allylic oxidation sites excluding steroid dienone is 3. The van der Waals surface area contributed by atoms with Gasteiger partial charge in [-0.05, 0) is 93.3 Å². The number of hydrogen-bond donors (Lipinski definition) is 1. The van der Waals surface area contributed by atoms with E-state index in [-0.39, 0.29) is 6.42 Å². The van der Waals surface area contributed by atoms with Crippen LogP contribution >= 0.6 is 22.9 Å². The normalized spacial score (nSPS) is 15.3. The number of nitrogens with zero attached hydrogens (tertiary/aromatic N) is 3. The number of rotatable bonds is 6. The van der Waals surface area contributed by atoms with E-state index in [0.29, 0.717) is 10.8 Å². The third-order valence-corrected chi connectivity index (χ3v) is 9.01. The van der Waals surface area contributed by atoms with Crippen LogP contribution in [0, 0.1) is 6.92 Å². The highest BCUT2D eigenvalue weighted by molar-refractivity contribution is 7.22. The minimum Gasteiger partial charge on any atom is -0.494 e. The molecule has 2 aliphatic rings. The van der Waals surface area contributed by atoms with Gasteiger partial charge in [0, 0.05) is 41.4 Å². The molecule has 0 radical (unpaired) electrons. The minimum atomic E-state index is -0.896. The molecule has 0 saturated heterocycles. The summed E-state index contributed by atoms with van der Waals surface area (Å²) in [6.45, 7) is 9.46. The summed E-state index contributed by atoms with van der Waals surface area (Å²) in [6, 6.07) is 11.6. The van der Waals surface area contributed by atoms with Crippen LogP contribution in [0.1, 0.15) is 50.4 Å². The van der Waals surface area contributed by atoms with Gasteiger partial charge in [-0.1, -0.05) is 11.6 Å². The van der Waals surface area contributed by atoms with Gasteiger partial charge in [-0.15, -0.1) is 11.3 Å². The van der Waals surface area contributed by atoms with E-state index in [1.807, 2.05) is 58.2 Å². The highest BCUT2D eigenvalue weighted by Crippen LogP contribution is 2.45. The molecule has 0 saturated carbocycles. The van der Waals surface area contributed by atoms with Crippen LogP contribution in [0.2, 0.25) is 5.02 Å². The first kappa shape index (κ1) is 29.2. The summed E-state index contributed by atoms with van der Waals surface area (Å²) >= 11 is 7.96. The number of hydrogen-bond acceptors (Lipinski definition) is 7. The Balaban J connectivity index is 1.49. The maximum absolute atomic E-state index is 12.0. The van der Waals surface area contributed by atoms with Gasteiger partial charge in [0.05, 0.1) is 34.6 Å². The first-order valence-electron chi connectivity index (χ1n) is 14.3. The molecule has 222 valence electrons. The number of benzene rings is 2. The van der Waals surface area contributed by atoms with Gasteiger partial charge in [-0.2, -0.15) is 0 Å². The number of carbonyl (C=O) groups is 1. The molecular formula is C34H34ClN3O4S. The number of ether oxygens (including phenoxy) is 2. The van der Waals surface area contributed by atoms with Crippen LogP contribution in [0.3, 0.4) is 0 Å². The molecule has 4 aromatic rings. The van der Waals surface area contributed by atoms with Gasteiger partial charge < -0.3 is 19.5 Å². The van der Waals surface area contributed by atoms with E-state index in [1.165, 1.54) is 5.57 Å². The predicted octanol–water partition coefficient (Wildman–Crippen LogP) is 8.14. The lowest BCUT2D eigenvalue weighted by Gasteiger charge is -2.32. The lowest BCUT2D eigenvalue weighted by Crippen LogP contribution is -2.29. The minimum absolute atomic E-state index is 0.120. The third kappa shape index (κ3) is 5.99. The van der Waals surface area contributed by atoms with Gasteiger partial charge in [-0.3, -0.25) is 9.78 Å². The molecule has 6 rings (SSSR count). The van der Waals surface area contributed by atoms with Crippen LogP contribution in [-0.2, 0) is 16.0 Å². The average molecular weight is 616 g/mol. The smallest absolute Gasteiger partial charge is 0.307 e. The number of aryl methyl sites for hydroxylation is 1. The van der Waals surface area contributed by atoms with Gasteiger partial charge in [0.15, 0.2) is 0 Å². The van der Waals surface area contributed by atoms with Crippen LogP contribution in [0.25, 0.3) is 37.5 Å². The maximum atomic E-state index is 12.0. The van der Waals surface area contributed by atoms with Crippen LogP contribution in [0.15, 0.2) is 60.1 Å². The number of aromatic nitrogens is 2. The van der Waals surface area contributed by atoms with E-state index in [0.717, 1.165) is 86.2 Å². The molecule has 1 aliphatic heterocycles. The number of likely N-dealkylation sites (N-methyl/N-ethyl adjacent to an activating group) is 1. The first-order valence-corrected chi connectivity index (χ1v) is 15.5. The van der Waals surface area contributed by atoms with Crippen molar-refractivity contribution < 1.29 is 19.4 Å². The average Bonchev–Trinajstić information content (AvgIpc) is 3.37. The van der Waals surface area contributed by atoms with Crippen molar-refractivity contribution >= 4 is 44.7 Å². The second kappa shape index (κ2) is 11.3. The quantitative estimate of drug-likeness (QED) is 0.234. The van der Waals surface area contributed by atoms with Gasteiger partial charge in [0.2, 0.25) is 0 Å². The second-order valence-corrected chi connectivity index (χ2v) is 13.5. The topological polar surface area (TPSA) is 84.8 Å². The van der Waals surface area contributed by atoms with Crippen molar-refractivity contribution in [2.45, 2.75) is 52.6 Å².